The van der Waals surface area contributed by atoms with Crippen LogP contribution in [0, 0.1) is 0 Å². The molecule has 0 saturated carbocycles. The van der Waals surface area contributed by atoms with Crippen molar-refractivity contribution in [2.75, 3.05) is 18.0 Å². The second-order valence-electron chi connectivity index (χ2n) is 3.79. The average molecular weight is 217 g/mol. The molecule has 0 amide bonds. The summed E-state index contributed by atoms with van der Waals surface area (Å²) in [5.41, 5.74) is -0.138. The van der Waals surface area contributed by atoms with E-state index in [-0.39, 0.29) is 5.56 Å². The summed E-state index contributed by atoms with van der Waals surface area (Å²) in [5.74, 6) is 0.492. The van der Waals surface area contributed by atoms with E-state index in [2.05, 4.69) is 15.1 Å². The van der Waals surface area contributed by atoms with Crippen LogP contribution < -0.4 is 10.5 Å². The van der Waals surface area contributed by atoms with E-state index < -0.39 is 0 Å². The Labute approximate surface area is 91.5 Å². The first-order chi connectivity index (χ1) is 7.84. The Morgan fingerprint density at radius 2 is 2.25 bits per heavy atom. The van der Waals surface area contributed by atoms with Crippen molar-refractivity contribution in [3.8, 4) is 0 Å². The summed E-state index contributed by atoms with van der Waals surface area (Å²) >= 11 is 0. The van der Waals surface area contributed by atoms with Crippen molar-refractivity contribution in [3.63, 3.8) is 0 Å². The third-order valence-corrected chi connectivity index (χ3v) is 2.75. The monoisotopic (exact) mass is 217 g/mol. The van der Waals surface area contributed by atoms with Crippen LogP contribution in [0.2, 0.25) is 0 Å². The van der Waals surface area contributed by atoms with Crippen LogP contribution in [0.15, 0.2) is 35.6 Å². The molecule has 0 spiro atoms. The van der Waals surface area contributed by atoms with Crippen LogP contribution in [0.25, 0.3) is 0 Å². The maximum absolute atomic E-state index is 11.5. The largest absolute Gasteiger partial charge is 0.348 e. The van der Waals surface area contributed by atoms with E-state index in [1.165, 1.54) is 6.20 Å². The Morgan fingerprint density at radius 1 is 1.38 bits per heavy atom. The third-order valence-electron chi connectivity index (χ3n) is 2.75. The fourth-order valence-electron chi connectivity index (χ4n) is 1.86. The van der Waals surface area contributed by atoms with Gasteiger partial charge in [0.05, 0.1) is 6.04 Å². The van der Waals surface area contributed by atoms with Crippen LogP contribution in [0.1, 0.15) is 6.04 Å². The highest BCUT2D eigenvalue weighted by Gasteiger charge is 2.30. The van der Waals surface area contributed by atoms with E-state index >= 15 is 0 Å². The number of nitrogens with zero attached hydrogens (tertiary/aromatic N) is 4. The van der Waals surface area contributed by atoms with Crippen LogP contribution >= 0.6 is 0 Å². The minimum atomic E-state index is -0.138. The molecule has 0 bridgehead atoms. The Kier molecular flexibility index (Phi) is 1.99. The first-order valence-corrected chi connectivity index (χ1v) is 5.12. The van der Waals surface area contributed by atoms with Gasteiger partial charge in [0.25, 0.3) is 5.56 Å². The van der Waals surface area contributed by atoms with Gasteiger partial charge in [0.15, 0.2) is 5.82 Å². The van der Waals surface area contributed by atoms with Gasteiger partial charge in [0, 0.05) is 37.9 Å². The van der Waals surface area contributed by atoms with Crippen molar-refractivity contribution >= 4 is 5.82 Å². The summed E-state index contributed by atoms with van der Waals surface area (Å²) in [5, 5.41) is 4.17. The highest BCUT2D eigenvalue weighted by Crippen LogP contribution is 2.22. The van der Waals surface area contributed by atoms with Crippen molar-refractivity contribution in [2.45, 2.75) is 6.04 Å². The molecule has 2 aromatic heterocycles. The predicted molar refractivity (Wildman–Crippen MR) is 58.3 cm³/mol. The Hall–Kier alpha value is -2.11. The first-order valence-electron chi connectivity index (χ1n) is 5.12. The molecule has 0 aliphatic carbocycles. The first kappa shape index (κ1) is 9.14. The normalized spacial score (nSPS) is 16.1. The van der Waals surface area contributed by atoms with E-state index in [9.17, 15) is 4.79 Å². The predicted octanol–water partition coefficient (Wildman–Crippen LogP) is 0.0277. The van der Waals surface area contributed by atoms with Crippen molar-refractivity contribution in [1.29, 1.82) is 0 Å². The van der Waals surface area contributed by atoms with Crippen LogP contribution in [0.4, 0.5) is 5.82 Å². The number of hydrogen-bond acceptors (Lipinski definition) is 4. The topological polar surface area (TPSA) is 66.8 Å². The number of aromatic nitrogens is 4. The minimum Gasteiger partial charge on any atom is -0.348 e. The number of anilines is 1. The molecule has 16 heavy (non-hydrogen) atoms. The summed E-state index contributed by atoms with van der Waals surface area (Å²) in [6.07, 6.45) is 6.83. The van der Waals surface area contributed by atoms with E-state index in [1.54, 1.807) is 12.4 Å². The SMILES string of the molecule is O=c1[nH]ccnc1N1CC(n2cccn2)C1. The van der Waals surface area contributed by atoms with Gasteiger partial charge in [0.1, 0.15) is 0 Å². The van der Waals surface area contributed by atoms with Crippen molar-refractivity contribution in [2.24, 2.45) is 0 Å². The van der Waals surface area contributed by atoms with Crippen LogP contribution in [0.3, 0.4) is 0 Å². The third kappa shape index (κ3) is 1.39. The summed E-state index contributed by atoms with van der Waals surface area (Å²) in [4.78, 5) is 20.1. The Bertz CT molecular complexity index is 526. The molecule has 1 saturated heterocycles. The molecule has 0 aromatic carbocycles. The molecule has 6 nitrogen and oxygen atoms in total. The molecule has 0 atom stereocenters. The average Bonchev–Trinajstić information content (AvgIpc) is 2.72. The molecular weight excluding hydrogens is 206 g/mol. The zero-order valence-electron chi connectivity index (χ0n) is 8.58. The highest BCUT2D eigenvalue weighted by atomic mass is 16.1. The second kappa shape index (κ2) is 3.48. The van der Waals surface area contributed by atoms with E-state index in [0.717, 1.165) is 13.1 Å². The molecule has 3 rings (SSSR count). The van der Waals surface area contributed by atoms with Gasteiger partial charge in [-0.2, -0.15) is 5.10 Å². The van der Waals surface area contributed by atoms with Gasteiger partial charge < -0.3 is 9.88 Å². The Balaban J connectivity index is 1.74. The summed E-state index contributed by atoms with van der Waals surface area (Å²) in [7, 11) is 0. The van der Waals surface area contributed by atoms with Crippen LogP contribution in [-0.2, 0) is 0 Å². The fourth-order valence-corrected chi connectivity index (χ4v) is 1.86. The molecule has 1 fully saturated rings. The number of nitrogens with one attached hydrogen (secondary N) is 1. The lowest BCUT2D eigenvalue weighted by Gasteiger charge is -2.39. The number of H-pyrrole nitrogens is 1. The van der Waals surface area contributed by atoms with E-state index in [1.807, 2.05) is 21.8 Å². The number of rotatable bonds is 2. The highest BCUT2D eigenvalue weighted by molar-refractivity contribution is 5.39. The van der Waals surface area contributed by atoms with E-state index in [0.29, 0.717) is 11.9 Å². The molecule has 82 valence electrons. The Morgan fingerprint density at radius 3 is 2.94 bits per heavy atom. The zero-order valence-corrected chi connectivity index (χ0v) is 8.58. The lowest BCUT2D eigenvalue weighted by molar-refractivity contribution is 0.365. The smallest absolute Gasteiger partial charge is 0.290 e. The van der Waals surface area contributed by atoms with Gasteiger partial charge in [-0.15, -0.1) is 0 Å². The number of aromatic amines is 1. The zero-order chi connectivity index (χ0) is 11.0. The molecule has 1 N–H and O–H groups in total. The van der Waals surface area contributed by atoms with Gasteiger partial charge in [-0.25, -0.2) is 4.98 Å². The maximum Gasteiger partial charge on any atom is 0.290 e. The molecule has 1 aliphatic rings. The molecule has 1 aliphatic heterocycles. The molecule has 6 heteroatoms. The van der Waals surface area contributed by atoms with Gasteiger partial charge in [-0.3, -0.25) is 9.48 Å². The van der Waals surface area contributed by atoms with Gasteiger partial charge in [0.2, 0.25) is 0 Å². The van der Waals surface area contributed by atoms with Crippen molar-refractivity contribution in [1.82, 2.24) is 19.7 Å². The molecular formula is C10H11N5O. The van der Waals surface area contributed by atoms with Gasteiger partial charge >= 0.3 is 0 Å². The standard InChI is InChI=1S/C10H11N5O/c16-10-9(11-3-4-12-10)14-6-8(7-14)15-5-1-2-13-15/h1-5,8H,6-7H2,(H,12,16). The lowest BCUT2D eigenvalue weighted by Crippen LogP contribution is -2.50. The maximum atomic E-state index is 11.5. The molecule has 3 heterocycles. The fraction of sp³-hybridized carbons (Fsp3) is 0.300. The second-order valence-corrected chi connectivity index (χ2v) is 3.79. The lowest BCUT2D eigenvalue weighted by atomic mass is 10.1. The van der Waals surface area contributed by atoms with Crippen molar-refractivity contribution in [3.05, 3.63) is 41.2 Å². The summed E-state index contributed by atoms with van der Waals surface area (Å²) < 4.78 is 1.91. The minimum absolute atomic E-state index is 0.138. The summed E-state index contributed by atoms with van der Waals surface area (Å²) in [6, 6.07) is 2.24. The van der Waals surface area contributed by atoms with Crippen LogP contribution in [0.5, 0.6) is 0 Å². The van der Waals surface area contributed by atoms with Crippen molar-refractivity contribution < 1.29 is 0 Å². The number of hydrogen-bond donors (Lipinski definition) is 1. The van der Waals surface area contributed by atoms with Gasteiger partial charge in [-0.05, 0) is 6.07 Å². The molecule has 2 aromatic rings. The molecule has 0 radical (unpaired) electrons. The molecule has 0 unspecified atom stereocenters. The van der Waals surface area contributed by atoms with Gasteiger partial charge in [-0.1, -0.05) is 0 Å². The van der Waals surface area contributed by atoms with Crippen LogP contribution in [-0.4, -0.2) is 32.8 Å². The summed E-state index contributed by atoms with van der Waals surface area (Å²) in [6.45, 7) is 1.56. The van der Waals surface area contributed by atoms with E-state index in [4.69, 9.17) is 0 Å². The quantitative estimate of drug-likeness (QED) is 0.770.